The van der Waals surface area contributed by atoms with Gasteiger partial charge in [-0.05, 0) is 46.4 Å². The summed E-state index contributed by atoms with van der Waals surface area (Å²) in [6, 6.07) is 5.40. The lowest BCUT2D eigenvalue weighted by molar-refractivity contribution is 0.1000. The van der Waals surface area contributed by atoms with Crippen LogP contribution in [0.15, 0.2) is 18.2 Å². The Kier molecular flexibility index (Phi) is 3.88. The highest BCUT2D eigenvalue weighted by molar-refractivity contribution is 14.1. The number of hydrogen-bond donors (Lipinski definition) is 2. The standard InChI is InChI=1S/C10H12INO2/c1-6(5-13)7-2-8(10(12)14)4-9(11)3-7/h2-4,6,13H,5H2,1H3,(H2,12,14). The van der Waals surface area contributed by atoms with Gasteiger partial charge in [-0.25, -0.2) is 0 Å². The molecule has 0 spiro atoms. The van der Waals surface area contributed by atoms with Crippen LogP contribution in [0.1, 0.15) is 28.8 Å². The van der Waals surface area contributed by atoms with Crippen LogP contribution in [0.5, 0.6) is 0 Å². The third-order valence-electron chi connectivity index (χ3n) is 2.05. The molecule has 0 bridgehead atoms. The molecule has 0 aromatic heterocycles. The fraction of sp³-hybridized carbons (Fsp3) is 0.300. The lowest BCUT2D eigenvalue weighted by Gasteiger charge is -2.09. The van der Waals surface area contributed by atoms with Crippen molar-refractivity contribution in [3.63, 3.8) is 0 Å². The highest BCUT2D eigenvalue weighted by Gasteiger charge is 2.08. The van der Waals surface area contributed by atoms with E-state index in [0.717, 1.165) is 9.13 Å². The molecule has 3 N–H and O–H groups in total. The number of carbonyl (C=O) groups excluding carboxylic acids is 1. The summed E-state index contributed by atoms with van der Waals surface area (Å²) >= 11 is 2.12. The van der Waals surface area contributed by atoms with Crippen molar-refractivity contribution in [2.45, 2.75) is 12.8 Å². The van der Waals surface area contributed by atoms with Gasteiger partial charge in [-0.2, -0.15) is 0 Å². The van der Waals surface area contributed by atoms with Crippen LogP contribution in [-0.4, -0.2) is 17.6 Å². The third kappa shape index (κ3) is 2.68. The summed E-state index contributed by atoms with van der Waals surface area (Å²) in [7, 11) is 0. The number of primary amides is 1. The van der Waals surface area contributed by atoms with E-state index in [1.807, 2.05) is 13.0 Å². The predicted octanol–water partition coefficient (Wildman–Crippen LogP) is 1.49. The van der Waals surface area contributed by atoms with E-state index < -0.39 is 5.91 Å². The highest BCUT2D eigenvalue weighted by atomic mass is 127. The summed E-state index contributed by atoms with van der Waals surface area (Å²) in [5, 5.41) is 8.99. The summed E-state index contributed by atoms with van der Waals surface area (Å²) in [6.07, 6.45) is 0. The van der Waals surface area contributed by atoms with Crippen molar-refractivity contribution in [3.8, 4) is 0 Å². The average Bonchev–Trinajstić information content (AvgIpc) is 2.15. The van der Waals surface area contributed by atoms with Crippen LogP contribution >= 0.6 is 22.6 Å². The van der Waals surface area contributed by atoms with Crippen LogP contribution in [0.4, 0.5) is 0 Å². The Morgan fingerprint density at radius 2 is 2.21 bits per heavy atom. The van der Waals surface area contributed by atoms with Gasteiger partial charge in [0.15, 0.2) is 0 Å². The van der Waals surface area contributed by atoms with Crippen LogP contribution in [-0.2, 0) is 0 Å². The van der Waals surface area contributed by atoms with E-state index in [9.17, 15) is 4.79 Å². The molecular formula is C10H12INO2. The molecule has 1 aromatic carbocycles. The minimum atomic E-state index is -0.435. The topological polar surface area (TPSA) is 63.3 Å². The van der Waals surface area contributed by atoms with E-state index in [0.29, 0.717) is 5.56 Å². The zero-order valence-corrected chi connectivity index (χ0v) is 9.98. The van der Waals surface area contributed by atoms with E-state index in [1.54, 1.807) is 12.1 Å². The number of carbonyl (C=O) groups is 1. The molecule has 14 heavy (non-hydrogen) atoms. The first kappa shape index (κ1) is 11.5. The van der Waals surface area contributed by atoms with E-state index in [1.165, 1.54) is 0 Å². The predicted molar refractivity (Wildman–Crippen MR) is 63.2 cm³/mol. The Morgan fingerprint density at radius 1 is 1.57 bits per heavy atom. The van der Waals surface area contributed by atoms with Gasteiger partial charge in [-0.1, -0.05) is 6.92 Å². The zero-order chi connectivity index (χ0) is 10.7. The van der Waals surface area contributed by atoms with Crippen LogP contribution in [0.25, 0.3) is 0 Å². The number of halogens is 1. The van der Waals surface area contributed by atoms with Crippen LogP contribution < -0.4 is 5.73 Å². The van der Waals surface area contributed by atoms with Gasteiger partial charge >= 0.3 is 0 Å². The second-order valence-electron chi connectivity index (χ2n) is 3.22. The van der Waals surface area contributed by atoms with Gasteiger partial charge in [0.2, 0.25) is 5.91 Å². The summed E-state index contributed by atoms with van der Waals surface area (Å²) in [5.41, 5.74) is 6.62. The summed E-state index contributed by atoms with van der Waals surface area (Å²) in [5.74, 6) is -0.405. The van der Waals surface area contributed by atoms with E-state index in [4.69, 9.17) is 10.8 Å². The van der Waals surface area contributed by atoms with Gasteiger partial charge in [0.25, 0.3) is 0 Å². The van der Waals surface area contributed by atoms with Crippen molar-refractivity contribution in [2.24, 2.45) is 5.73 Å². The molecule has 76 valence electrons. The molecule has 1 unspecified atom stereocenters. The van der Waals surface area contributed by atoms with Gasteiger partial charge in [0, 0.05) is 21.7 Å². The molecule has 0 saturated carbocycles. The van der Waals surface area contributed by atoms with Crippen molar-refractivity contribution in [2.75, 3.05) is 6.61 Å². The molecule has 4 heteroatoms. The smallest absolute Gasteiger partial charge is 0.248 e. The number of amides is 1. The molecule has 0 fully saturated rings. The minimum Gasteiger partial charge on any atom is -0.396 e. The molecule has 1 aromatic rings. The van der Waals surface area contributed by atoms with Crippen molar-refractivity contribution < 1.29 is 9.90 Å². The maximum atomic E-state index is 11.0. The van der Waals surface area contributed by atoms with E-state index in [2.05, 4.69) is 22.6 Å². The molecule has 3 nitrogen and oxygen atoms in total. The lowest BCUT2D eigenvalue weighted by Crippen LogP contribution is -2.12. The van der Waals surface area contributed by atoms with Crippen LogP contribution in [0.3, 0.4) is 0 Å². The average molecular weight is 305 g/mol. The number of aliphatic hydroxyl groups excluding tert-OH is 1. The third-order valence-corrected chi connectivity index (χ3v) is 2.67. The molecule has 1 amide bonds. The Morgan fingerprint density at radius 3 is 2.71 bits per heavy atom. The quantitative estimate of drug-likeness (QED) is 0.831. The normalized spacial score (nSPS) is 12.5. The second-order valence-corrected chi connectivity index (χ2v) is 4.47. The number of nitrogens with two attached hydrogens (primary N) is 1. The van der Waals surface area contributed by atoms with Gasteiger partial charge in [0.1, 0.15) is 0 Å². The molecule has 1 rings (SSSR count). The van der Waals surface area contributed by atoms with Gasteiger partial charge in [0.05, 0.1) is 0 Å². The summed E-state index contributed by atoms with van der Waals surface area (Å²) in [4.78, 5) is 11.0. The number of benzene rings is 1. The molecular weight excluding hydrogens is 293 g/mol. The SMILES string of the molecule is CC(CO)c1cc(I)cc(C(N)=O)c1. The number of rotatable bonds is 3. The first-order valence-corrected chi connectivity index (χ1v) is 5.33. The molecule has 1 atom stereocenters. The Balaban J connectivity index is 3.13. The molecule has 0 radical (unpaired) electrons. The lowest BCUT2D eigenvalue weighted by atomic mass is 10.00. The van der Waals surface area contributed by atoms with Crippen LogP contribution in [0.2, 0.25) is 0 Å². The minimum absolute atomic E-state index is 0.0304. The molecule has 0 heterocycles. The fourth-order valence-corrected chi connectivity index (χ4v) is 1.84. The largest absolute Gasteiger partial charge is 0.396 e. The fourth-order valence-electron chi connectivity index (χ4n) is 1.14. The maximum absolute atomic E-state index is 11.0. The van der Waals surface area contributed by atoms with Crippen molar-refractivity contribution >= 4 is 28.5 Å². The van der Waals surface area contributed by atoms with Crippen molar-refractivity contribution in [1.29, 1.82) is 0 Å². The molecule has 0 saturated heterocycles. The van der Waals surface area contributed by atoms with Gasteiger partial charge in [-0.3, -0.25) is 4.79 Å². The summed E-state index contributed by atoms with van der Waals surface area (Å²) in [6.45, 7) is 1.97. The maximum Gasteiger partial charge on any atom is 0.248 e. The Bertz CT molecular complexity index is 352. The summed E-state index contributed by atoms with van der Waals surface area (Å²) < 4.78 is 0.953. The number of hydrogen-bond acceptors (Lipinski definition) is 2. The van der Waals surface area contributed by atoms with E-state index >= 15 is 0 Å². The molecule has 0 aliphatic rings. The van der Waals surface area contributed by atoms with Crippen molar-refractivity contribution in [1.82, 2.24) is 0 Å². The zero-order valence-electron chi connectivity index (χ0n) is 7.83. The Labute approximate surface area is 96.4 Å². The van der Waals surface area contributed by atoms with Crippen LogP contribution in [0, 0.1) is 3.57 Å². The highest BCUT2D eigenvalue weighted by Crippen LogP contribution is 2.19. The van der Waals surface area contributed by atoms with Gasteiger partial charge < -0.3 is 10.8 Å². The van der Waals surface area contributed by atoms with E-state index in [-0.39, 0.29) is 12.5 Å². The molecule has 0 aliphatic carbocycles. The monoisotopic (exact) mass is 305 g/mol. The second kappa shape index (κ2) is 4.75. The Hall–Kier alpha value is -0.620. The van der Waals surface area contributed by atoms with Gasteiger partial charge in [-0.15, -0.1) is 0 Å². The molecule has 0 aliphatic heterocycles. The number of aliphatic hydroxyl groups is 1. The first-order chi connectivity index (χ1) is 6.54. The van der Waals surface area contributed by atoms with Crippen molar-refractivity contribution in [3.05, 3.63) is 32.9 Å². The first-order valence-electron chi connectivity index (χ1n) is 4.25.